The number of carboxylic acid groups (broad SMARTS) is 1. The van der Waals surface area contributed by atoms with E-state index in [2.05, 4.69) is 16.0 Å². The molecule has 0 spiro atoms. The summed E-state index contributed by atoms with van der Waals surface area (Å²) in [6.45, 7) is 0. The number of carboxylic acids is 1. The van der Waals surface area contributed by atoms with Gasteiger partial charge in [-0.15, -0.1) is 29.8 Å². The smallest absolute Gasteiger partial charge is 0.354 e. The summed E-state index contributed by atoms with van der Waals surface area (Å²) in [7, 11) is 1.65. The minimum Gasteiger partial charge on any atom is -0.516 e. The first kappa shape index (κ1) is 21.2. The fourth-order valence-electron chi connectivity index (χ4n) is 2.44. The number of pyridine rings is 2. The first-order valence-electron chi connectivity index (χ1n) is 8.22. The molecule has 1 radical (unpaired) electrons. The number of rotatable bonds is 3. The Hall–Kier alpha value is -3.08. The van der Waals surface area contributed by atoms with Crippen LogP contribution in [0.4, 0.5) is 0 Å². The topological polar surface area (TPSA) is 72.3 Å². The standard InChI is InChI=1S/C12H10NO.C10H7NO2.Ir/c1-14-11-6-4-5-10(9-11)12-7-2-3-8-13-12;12-10(13)9-5-7-3-1-2-4-8(7)6-11-9;/h2-4,6-9H,1H3;1-6H,(H,12,13);/q-1;;. The van der Waals surface area contributed by atoms with Crippen LogP contribution in [0.3, 0.4) is 0 Å². The van der Waals surface area contributed by atoms with Crippen molar-refractivity contribution in [3.8, 4) is 17.0 Å². The third kappa shape index (κ3) is 5.46. The van der Waals surface area contributed by atoms with E-state index in [1.807, 2.05) is 60.7 Å². The molecule has 0 saturated heterocycles. The van der Waals surface area contributed by atoms with Gasteiger partial charge in [-0.25, -0.2) is 9.78 Å². The molecule has 0 atom stereocenters. The van der Waals surface area contributed by atoms with Crippen molar-refractivity contribution in [2.45, 2.75) is 0 Å². The number of aromatic nitrogens is 2. The molecule has 4 rings (SSSR count). The molecule has 0 aliphatic heterocycles. The third-order valence-corrected chi connectivity index (χ3v) is 3.80. The van der Waals surface area contributed by atoms with E-state index in [-0.39, 0.29) is 25.8 Å². The van der Waals surface area contributed by atoms with Gasteiger partial charge in [0.1, 0.15) is 5.69 Å². The Balaban J connectivity index is 0.000000194. The Morgan fingerprint density at radius 1 is 1.00 bits per heavy atom. The normalized spacial score (nSPS) is 9.61. The van der Waals surface area contributed by atoms with Crippen LogP contribution in [-0.2, 0) is 20.1 Å². The molecule has 0 saturated carbocycles. The number of benzene rings is 2. The predicted octanol–water partition coefficient (Wildman–Crippen LogP) is 4.49. The molecule has 28 heavy (non-hydrogen) atoms. The number of nitrogens with zero attached hydrogens (tertiary/aromatic N) is 2. The van der Waals surface area contributed by atoms with Crippen LogP contribution >= 0.6 is 0 Å². The first-order valence-corrected chi connectivity index (χ1v) is 8.22. The summed E-state index contributed by atoms with van der Waals surface area (Å²) in [6, 6.07) is 23.6. The molecule has 0 bridgehead atoms. The number of fused-ring (bicyclic) bond motifs is 1. The Morgan fingerprint density at radius 2 is 1.75 bits per heavy atom. The monoisotopic (exact) mass is 550 g/mol. The molecule has 0 amide bonds. The molecule has 143 valence electrons. The molecule has 0 unspecified atom stereocenters. The minimum absolute atomic E-state index is 0. The maximum atomic E-state index is 10.6. The van der Waals surface area contributed by atoms with Gasteiger partial charge in [-0.05, 0) is 23.2 Å². The predicted molar refractivity (Wildman–Crippen MR) is 104 cm³/mol. The number of ether oxygens (including phenoxy) is 1. The third-order valence-electron chi connectivity index (χ3n) is 3.80. The van der Waals surface area contributed by atoms with E-state index in [1.54, 1.807) is 25.6 Å². The van der Waals surface area contributed by atoms with Gasteiger partial charge < -0.3 is 14.8 Å². The largest absolute Gasteiger partial charge is 0.516 e. The van der Waals surface area contributed by atoms with E-state index in [0.717, 1.165) is 27.8 Å². The van der Waals surface area contributed by atoms with E-state index in [0.29, 0.717) is 0 Å². The summed E-state index contributed by atoms with van der Waals surface area (Å²) in [5, 5.41) is 10.5. The van der Waals surface area contributed by atoms with Crippen molar-refractivity contribution in [2.24, 2.45) is 0 Å². The van der Waals surface area contributed by atoms with Gasteiger partial charge in [0.25, 0.3) is 0 Å². The summed E-state index contributed by atoms with van der Waals surface area (Å²) in [5.74, 6) is -0.171. The molecule has 0 aliphatic carbocycles. The maximum absolute atomic E-state index is 10.6. The zero-order valence-corrected chi connectivity index (χ0v) is 17.4. The molecule has 4 aromatic rings. The number of hydrogen-bond donors (Lipinski definition) is 1. The fourth-order valence-corrected chi connectivity index (χ4v) is 2.44. The number of carbonyl (C=O) groups is 1. The molecule has 6 heteroatoms. The Labute approximate surface area is 176 Å². The second-order valence-corrected chi connectivity index (χ2v) is 5.58. The van der Waals surface area contributed by atoms with Crippen LogP contribution < -0.4 is 4.74 Å². The van der Waals surface area contributed by atoms with Gasteiger partial charge in [-0.1, -0.05) is 36.4 Å². The zero-order chi connectivity index (χ0) is 19.1. The van der Waals surface area contributed by atoms with Gasteiger partial charge in [0.15, 0.2) is 0 Å². The summed E-state index contributed by atoms with van der Waals surface area (Å²) < 4.78 is 5.13. The second kappa shape index (κ2) is 10.3. The molecular formula is C22H17IrN2O3-. The number of aromatic carboxylic acids is 1. The van der Waals surface area contributed by atoms with Crippen molar-refractivity contribution in [3.05, 3.63) is 90.9 Å². The Bertz CT molecular complexity index is 1060. The van der Waals surface area contributed by atoms with Crippen LogP contribution in [0, 0.1) is 6.07 Å². The van der Waals surface area contributed by atoms with E-state index in [1.165, 1.54) is 0 Å². The molecular weight excluding hydrogens is 532 g/mol. The van der Waals surface area contributed by atoms with Crippen molar-refractivity contribution in [2.75, 3.05) is 7.11 Å². The molecule has 2 aromatic heterocycles. The van der Waals surface area contributed by atoms with Crippen LogP contribution in [0.15, 0.2) is 79.1 Å². The Kier molecular flexibility index (Phi) is 7.81. The van der Waals surface area contributed by atoms with Gasteiger partial charge in [-0.3, -0.25) is 0 Å². The van der Waals surface area contributed by atoms with Crippen molar-refractivity contribution >= 4 is 16.7 Å². The molecule has 5 nitrogen and oxygen atoms in total. The van der Waals surface area contributed by atoms with Crippen molar-refractivity contribution < 1.29 is 34.7 Å². The quantitative estimate of drug-likeness (QED) is 0.382. The van der Waals surface area contributed by atoms with E-state index >= 15 is 0 Å². The summed E-state index contributed by atoms with van der Waals surface area (Å²) in [6.07, 6.45) is 3.33. The van der Waals surface area contributed by atoms with Crippen molar-refractivity contribution in [3.63, 3.8) is 0 Å². The van der Waals surface area contributed by atoms with Gasteiger partial charge in [0, 0.05) is 43.6 Å². The van der Waals surface area contributed by atoms with Gasteiger partial charge in [-0.2, -0.15) is 0 Å². The summed E-state index contributed by atoms with van der Waals surface area (Å²) >= 11 is 0. The molecule has 0 aliphatic rings. The van der Waals surface area contributed by atoms with Crippen LogP contribution in [0.1, 0.15) is 10.5 Å². The fraction of sp³-hybridized carbons (Fsp3) is 0.0455. The average molecular weight is 550 g/mol. The Morgan fingerprint density at radius 3 is 2.43 bits per heavy atom. The van der Waals surface area contributed by atoms with Crippen LogP contribution in [0.25, 0.3) is 22.0 Å². The SMILES string of the molecule is COc1cc[c-]c(-c2ccccn2)c1.O=C(O)c1cc2ccccc2cn1.[Ir]. The zero-order valence-electron chi connectivity index (χ0n) is 15.0. The summed E-state index contributed by atoms with van der Waals surface area (Å²) in [4.78, 5) is 18.6. The van der Waals surface area contributed by atoms with Crippen LogP contribution in [-0.4, -0.2) is 28.2 Å². The van der Waals surface area contributed by atoms with E-state index < -0.39 is 5.97 Å². The number of hydrogen-bond acceptors (Lipinski definition) is 4. The molecule has 2 heterocycles. The molecule has 0 fully saturated rings. The van der Waals surface area contributed by atoms with E-state index in [4.69, 9.17) is 9.84 Å². The number of methoxy groups -OCH3 is 1. The van der Waals surface area contributed by atoms with Crippen molar-refractivity contribution in [1.82, 2.24) is 9.97 Å². The van der Waals surface area contributed by atoms with Gasteiger partial charge in [0.2, 0.25) is 0 Å². The van der Waals surface area contributed by atoms with Gasteiger partial charge >= 0.3 is 5.97 Å². The average Bonchev–Trinajstić information content (AvgIpc) is 2.74. The van der Waals surface area contributed by atoms with E-state index in [9.17, 15) is 4.79 Å². The van der Waals surface area contributed by atoms with Gasteiger partial charge in [0.05, 0.1) is 7.11 Å². The molecule has 2 aromatic carbocycles. The first-order chi connectivity index (χ1) is 13.2. The van der Waals surface area contributed by atoms with Crippen LogP contribution in [0.2, 0.25) is 0 Å². The summed E-state index contributed by atoms with van der Waals surface area (Å²) in [5.41, 5.74) is 1.94. The van der Waals surface area contributed by atoms with Crippen molar-refractivity contribution in [1.29, 1.82) is 0 Å². The van der Waals surface area contributed by atoms with Crippen LogP contribution in [0.5, 0.6) is 5.75 Å². The molecule has 1 N–H and O–H groups in total. The minimum atomic E-state index is -0.995. The maximum Gasteiger partial charge on any atom is 0.354 e. The second-order valence-electron chi connectivity index (χ2n) is 5.58.